The second-order valence-electron chi connectivity index (χ2n) is 5.31. The summed E-state index contributed by atoms with van der Waals surface area (Å²) in [6.07, 6.45) is 3.57. The number of hydrogen-bond donors (Lipinski definition) is 1. The highest BCUT2D eigenvalue weighted by Gasteiger charge is 2.28. The van der Waals surface area contributed by atoms with Crippen molar-refractivity contribution in [2.75, 3.05) is 6.61 Å². The SMILES string of the molecule is O=C1/C(=C/C2=Cc3cc(Cl)ccc3OC2)Oc2cc(O)ccc21. The van der Waals surface area contributed by atoms with E-state index in [9.17, 15) is 9.90 Å². The lowest BCUT2D eigenvalue weighted by molar-refractivity contribution is 0.101. The maximum absolute atomic E-state index is 12.3. The molecule has 0 spiro atoms. The van der Waals surface area contributed by atoms with E-state index in [1.54, 1.807) is 24.3 Å². The van der Waals surface area contributed by atoms with Crippen LogP contribution in [0.2, 0.25) is 5.02 Å². The molecule has 0 aromatic heterocycles. The number of allylic oxidation sites excluding steroid dienone is 1. The number of aromatic hydroxyl groups is 1. The molecule has 1 N–H and O–H groups in total. The van der Waals surface area contributed by atoms with E-state index in [1.807, 2.05) is 12.1 Å². The molecule has 2 aliphatic heterocycles. The number of ether oxygens (including phenoxy) is 2. The molecule has 0 fully saturated rings. The van der Waals surface area contributed by atoms with Crippen molar-refractivity contribution in [2.24, 2.45) is 0 Å². The van der Waals surface area contributed by atoms with Crippen LogP contribution >= 0.6 is 11.6 Å². The third-order valence-electron chi connectivity index (χ3n) is 3.68. The van der Waals surface area contributed by atoms with E-state index in [1.165, 1.54) is 12.1 Å². The van der Waals surface area contributed by atoms with Gasteiger partial charge in [0, 0.05) is 16.7 Å². The van der Waals surface area contributed by atoms with Crippen molar-refractivity contribution in [3.63, 3.8) is 0 Å². The second kappa shape index (κ2) is 5.18. The predicted molar refractivity (Wildman–Crippen MR) is 86.1 cm³/mol. The molecule has 0 saturated heterocycles. The van der Waals surface area contributed by atoms with Gasteiger partial charge in [-0.1, -0.05) is 11.6 Å². The molecule has 0 atom stereocenters. The van der Waals surface area contributed by atoms with Gasteiger partial charge in [-0.3, -0.25) is 4.79 Å². The monoisotopic (exact) mass is 326 g/mol. The van der Waals surface area contributed by atoms with E-state index in [0.717, 1.165) is 16.9 Å². The van der Waals surface area contributed by atoms with E-state index in [2.05, 4.69) is 0 Å². The highest BCUT2D eigenvalue weighted by Crippen LogP contribution is 2.35. The number of benzene rings is 2. The Morgan fingerprint density at radius 2 is 2.00 bits per heavy atom. The molecule has 0 bridgehead atoms. The quantitative estimate of drug-likeness (QED) is 0.805. The summed E-state index contributed by atoms with van der Waals surface area (Å²) >= 11 is 5.99. The summed E-state index contributed by atoms with van der Waals surface area (Å²) in [5.41, 5.74) is 2.10. The van der Waals surface area contributed by atoms with E-state index in [0.29, 0.717) is 22.9 Å². The summed E-state index contributed by atoms with van der Waals surface area (Å²) in [7, 11) is 0. The van der Waals surface area contributed by atoms with Gasteiger partial charge in [0.05, 0.1) is 5.56 Å². The van der Waals surface area contributed by atoms with Crippen molar-refractivity contribution < 1.29 is 19.4 Å². The van der Waals surface area contributed by atoms with Crippen molar-refractivity contribution in [1.29, 1.82) is 0 Å². The number of rotatable bonds is 1. The molecule has 2 aliphatic rings. The topological polar surface area (TPSA) is 55.8 Å². The number of hydrogen-bond acceptors (Lipinski definition) is 4. The van der Waals surface area contributed by atoms with E-state index >= 15 is 0 Å². The zero-order valence-corrected chi connectivity index (χ0v) is 12.6. The number of carbonyl (C=O) groups excluding carboxylic acids is 1. The fourth-order valence-electron chi connectivity index (χ4n) is 2.59. The third kappa shape index (κ3) is 2.47. The van der Waals surface area contributed by atoms with Crippen LogP contribution in [0.25, 0.3) is 6.08 Å². The highest BCUT2D eigenvalue weighted by molar-refractivity contribution is 6.30. The molecule has 23 heavy (non-hydrogen) atoms. The first-order chi connectivity index (χ1) is 11.1. The van der Waals surface area contributed by atoms with E-state index in [4.69, 9.17) is 21.1 Å². The minimum Gasteiger partial charge on any atom is -0.508 e. The number of Topliss-reactive ketones (excluding diaryl/α,β-unsaturated/α-hetero) is 1. The van der Waals surface area contributed by atoms with Crippen LogP contribution in [0, 0.1) is 0 Å². The molecule has 114 valence electrons. The second-order valence-corrected chi connectivity index (χ2v) is 5.75. The van der Waals surface area contributed by atoms with Crippen molar-refractivity contribution in [1.82, 2.24) is 0 Å². The van der Waals surface area contributed by atoms with Gasteiger partial charge in [-0.2, -0.15) is 0 Å². The smallest absolute Gasteiger partial charge is 0.231 e. The van der Waals surface area contributed by atoms with Gasteiger partial charge in [0.1, 0.15) is 23.9 Å². The first kappa shape index (κ1) is 13.9. The normalized spacial score (nSPS) is 17.2. The predicted octanol–water partition coefficient (Wildman–Crippen LogP) is 3.98. The molecule has 0 unspecified atom stereocenters. The number of fused-ring (bicyclic) bond motifs is 2. The lowest BCUT2D eigenvalue weighted by atomic mass is 10.1. The highest BCUT2D eigenvalue weighted by atomic mass is 35.5. The van der Waals surface area contributed by atoms with Gasteiger partial charge in [-0.15, -0.1) is 0 Å². The van der Waals surface area contributed by atoms with Crippen LogP contribution in [0.1, 0.15) is 15.9 Å². The van der Waals surface area contributed by atoms with Gasteiger partial charge in [-0.25, -0.2) is 0 Å². The zero-order chi connectivity index (χ0) is 16.0. The average molecular weight is 327 g/mol. The van der Waals surface area contributed by atoms with Crippen molar-refractivity contribution >= 4 is 23.5 Å². The summed E-state index contributed by atoms with van der Waals surface area (Å²) < 4.78 is 11.2. The molecule has 0 aliphatic carbocycles. The van der Waals surface area contributed by atoms with Crippen LogP contribution in [0.3, 0.4) is 0 Å². The number of phenols is 1. The summed E-state index contributed by atoms with van der Waals surface area (Å²) in [5.74, 6) is 1.18. The van der Waals surface area contributed by atoms with Crippen molar-refractivity contribution in [3.05, 3.63) is 70.0 Å². The molecule has 0 amide bonds. The van der Waals surface area contributed by atoms with Crippen LogP contribution in [-0.2, 0) is 0 Å². The number of ketones is 1. The largest absolute Gasteiger partial charge is 0.508 e. The first-order valence-electron chi connectivity index (χ1n) is 7.00. The molecule has 2 heterocycles. The van der Waals surface area contributed by atoms with Crippen molar-refractivity contribution in [3.8, 4) is 17.2 Å². The molecule has 5 heteroatoms. The Labute approximate surface area is 137 Å². The van der Waals surface area contributed by atoms with E-state index < -0.39 is 0 Å². The maximum Gasteiger partial charge on any atom is 0.231 e. The summed E-state index contributed by atoms with van der Waals surface area (Å²) in [4.78, 5) is 12.3. The standard InChI is InChI=1S/C18H11ClO4/c19-12-1-4-15-11(7-12)5-10(9-22-15)6-17-18(21)14-3-2-13(20)8-16(14)23-17/h1-8,20H,9H2/b17-6-. The lowest BCUT2D eigenvalue weighted by Gasteiger charge is -2.16. The molecule has 4 nitrogen and oxygen atoms in total. The Bertz CT molecular complexity index is 896. The number of phenolic OH excluding ortho intramolecular Hbond substituents is 1. The Morgan fingerprint density at radius 1 is 1.13 bits per heavy atom. The molecule has 4 rings (SSSR count). The van der Waals surface area contributed by atoms with Crippen LogP contribution in [0.15, 0.2) is 53.8 Å². The first-order valence-corrected chi connectivity index (χ1v) is 7.38. The molecule has 0 radical (unpaired) electrons. The fourth-order valence-corrected chi connectivity index (χ4v) is 2.77. The van der Waals surface area contributed by atoms with Crippen LogP contribution in [0.4, 0.5) is 0 Å². The Hall–Kier alpha value is -2.72. The zero-order valence-electron chi connectivity index (χ0n) is 11.9. The van der Waals surface area contributed by atoms with Crippen LogP contribution in [0.5, 0.6) is 17.2 Å². The van der Waals surface area contributed by atoms with E-state index in [-0.39, 0.29) is 17.3 Å². The minimum absolute atomic E-state index is 0.0570. The Balaban J connectivity index is 1.69. The van der Waals surface area contributed by atoms with Gasteiger partial charge in [0.25, 0.3) is 0 Å². The van der Waals surface area contributed by atoms with Gasteiger partial charge in [-0.05, 0) is 48.1 Å². The number of carbonyl (C=O) groups is 1. The molecule has 2 aromatic rings. The molecule has 2 aromatic carbocycles. The Morgan fingerprint density at radius 3 is 2.87 bits per heavy atom. The Kier molecular flexibility index (Phi) is 3.13. The third-order valence-corrected chi connectivity index (χ3v) is 3.91. The summed E-state index contributed by atoms with van der Waals surface area (Å²) in [6, 6.07) is 9.82. The van der Waals surface area contributed by atoms with Crippen LogP contribution < -0.4 is 9.47 Å². The molecular formula is C18H11ClO4. The average Bonchev–Trinajstić information content (AvgIpc) is 2.82. The summed E-state index contributed by atoms with van der Waals surface area (Å²) in [6.45, 7) is 0.344. The van der Waals surface area contributed by atoms with Gasteiger partial charge in [0.15, 0.2) is 5.76 Å². The minimum atomic E-state index is -0.210. The van der Waals surface area contributed by atoms with Gasteiger partial charge < -0.3 is 14.6 Å². The van der Waals surface area contributed by atoms with Gasteiger partial charge in [0.2, 0.25) is 5.78 Å². The molecular weight excluding hydrogens is 316 g/mol. The number of halogens is 1. The van der Waals surface area contributed by atoms with Gasteiger partial charge >= 0.3 is 0 Å². The van der Waals surface area contributed by atoms with Crippen LogP contribution in [-0.4, -0.2) is 17.5 Å². The maximum atomic E-state index is 12.3. The summed E-state index contributed by atoms with van der Waals surface area (Å²) in [5, 5.41) is 10.1. The van der Waals surface area contributed by atoms with Crippen molar-refractivity contribution in [2.45, 2.75) is 0 Å². The fraction of sp³-hybridized carbons (Fsp3) is 0.0556. The lowest BCUT2D eigenvalue weighted by Crippen LogP contribution is -2.08. The molecule has 0 saturated carbocycles.